The molecule has 35 heavy (non-hydrogen) atoms. The maximum absolute atomic E-state index is 14.2. The lowest BCUT2D eigenvalue weighted by molar-refractivity contribution is -0.141. The normalized spacial score (nSPS) is 23.3. The van der Waals surface area contributed by atoms with Gasteiger partial charge in [-0.2, -0.15) is 0 Å². The van der Waals surface area contributed by atoms with E-state index in [0.717, 1.165) is 10.5 Å². The van der Waals surface area contributed by atoms with Crippen LogP contribution in [0, 0.1) is 0 Å². The van der Waals surface area contributed by atoms with E-state index in [1.165, 1.54) is 6.92 Å². The average molecular weight is 472 g/mol. The molecule has 2 N–H and O–H groups in total. The van der Waals surface area contributed by atoms with Crippen LogP contribution in [0.3, 0.4) is 0 Å². The van der Waals surface area contributed by atoms with Crippen molar-refractivity contribution in [2.75, 3.05) is 11.5 Å². The number of rotatable bonds is 3. The Morgan fingerprint density at radius 3 is 2.46 bits per heavy atom. The number of esters is 1. The zero-order chi connectivity index (χ0) is 24.9. The first-order chi connectivity index (χ1) is 16.8. The second-order valence-corrected chi connectivity index (χ2v) is 8.73. The van der Waals surface area contributed by atoms with Gasteiger partial charge in [-0.1, -0.05) is 48.5 Å². The molecule has 2 amide bonds. The monoisotopic (exact) mass is 472 g/mol. The third-order valence-corrected chi connectivity index (χ3v) is 6.79. The minimum absolute atomic E-state index is 0.0217. The maximum atomic E-state index is 14.2. The number of carbonyl (C=O) groups is 4. The number of amides is 2. The number of ketones is 1. The van der Waals surface area contributed by atoms with Crippen molar-refractivity contribution in [3.63, 3.8) is 0 Å². The van der Waals surface area contributed by atoms with E-state index in [4.69, 9.17) is 15.2 Å². The molecular weight excluding hydrogens is 448 g/mol. The number of carbonyl (C=O) groups excluding carboxylic acids is 4. The van der Waals surface area contributed by atoms with Crippen LogP contribution in [-0.4, -0.2) is 30.2 Å². The van der Waals surface area contributed by atoms with Gasteiger partial charge in [0.05, 0.1) is 17.9 Å². The van der Waals surface area contributed by atoms with Crippen molar-refractivity contribution in [3.05, 3.63) is 88.5 Å². The standard InChI is InChI=1S/C27H24N2O6/c1-3-34-25(32)23-24(28)35-21-14-17(16-9-5-4-6-10-16)13-20(31)22(21)27(23)18-11-7-8-12-19(18)29(15(2)30)26(27)33/h4-12,17H,3,13-14,28H2,1-2H3. The fourth-order valence-electron chi connectivity index (χ4n) is 5.48. The lowest BCUT2D eigenvalue weighted by Gasteiger charge is -2.40. The van der Waals surface area contributed by atoms with Crippen molar-refractivity contribution in [1.82, 2.24) is 0 Å². The molecule has 2 aliphatic heterocycles. The Morgan fingerprint density at radius 1 is 1.09 bits per heavy atom. The summed E-state index contributed by atoms with van der Waals surface area (Å²) in [4.78, 5) is 54.8. The summed E-state index contributed by atoms with van der Waals surface area (Å²) in [7, 11) is 0. The first-order valence-electron chi connectivity index (χ1n) is 11.4. The molecule has 2 heterocycles. The molecule has 0 aromatic heterocycles. The smallest absolute Gasteiger partial charge is 0.341 e. The third kappa shape index (κ3) is 3.13. The summed E-state index contributed by atoms with van der Waals surface area (Å²) in [5.41, 5.74) is 5.72. The van der Waals surface area contributed by atoms with Crippen LogP contribution in [0.2, 0.25) is 0 Å². The molecule has 8 nitrogen and oxygen atoms in total. The molecule has 3 aliphatic rings. The molecule has 0 radical (unpaired) electrons. The van der Waals surface area contributed by atoms with Gasteiger partial charge < -0.3 is 15.2 Å². The lowest BCUT2D eigenvalue weighted by Crippen LogP contribution is -2.52. The Balaban J connectivity index is 1.79. The number of benzene rings is 2. The zero-order valence-electron chi connectivity index (χ0n) is 19.4. The molecule has 1 spiro atoms. The molecule has 8 heteroatoms. The van der Waals surface area contributed by atoms with Crippen LogP contribution in [0.15, 0.2) is 77.4 Å². The van der Waals surface area contributed by atoms with Gasteiger partial charge in [0.15, 0.2) is 5.78 Å². The van der Waals surface area contributed by atoms with Crippen molar-refractivity contribution in [3.8, 4) is 0 Å². The number of hydrogen-bond acceptors (Lipinski definition) is 7. The largest absolute Gasteiger partial charge is 0.462 e. The molecule has 178 valence electrons. The summed E-state index contributed by atoms with van der Waals surface area (Å²) >= 11 is 0. The molecule has 2 atom stereocenters. The van der Waals surface area contributed by atoms with Gasteiger partial charge in [0.25, 0.3) is 5.91 Å². The Kier molecular flexibility index (Phi) is 5.31. The number of nitrogens with two attached hydrogens (primary N) is 1. The second kappa shape index (κ2) is 8.23. The van der Waals surface area contributed by atoms with Gasteiger partial charge in [-0.15, -0.1) is 0 Å². The summed E-state index contributed by atoms with van der Waals surface area (Å²) in [5, 5.41) is 0. The van der Waals surface area contributed by atoms with E-state index in [1.54, 1.807) is 31.2 Å². The quantitative estimate of drug-likeness (QED) is 0.683. The molecule has 0 fully saturated rings. The van der Waals surface area contributed by atoms with Crippen LogP contribution in [0.5, 0.6) is 0 Å². The van der Waals surface area contributed by atoms with E-state index in [1.807, 2.05) is 30.3 Å². The van der Waals surface area contributed by atoms with Crippen molar-refractivity contribution in [2.24, 2.45) is 5.73 Å². The van der Waals surface area contributed by atoms with Gasteiger partial charge in [0.1, 0.15) is 16.7 Å². The van der Waals surface area contributed by atoms with E-state index in [0.29, 0.717) is 17.7 Å². The number of nitrogens with zero attached hydrogens (tertiary/aromatic N) is 1. The molecule has 0 bridgehead atoms. The highest BCUT2D eigenvalue weighted by atomic mass is 16.5. The highest BCUT2D eigenvalue weighted by Gasteiger charge is 2.65. The van der Waals surface area contributed by atoms with E-state index in [2.05, 4.69) is 0 Å². The number of imide groups is 1. The van der Waals surface area contributed by atoms with Crippen LogP contribution >= 0.6 is 0 Å². The van der Waals surface area contributed by atoms with Gasteiger partial charge in [-0.25, -0.2) is 9.69 Å². The molecule has 1 aliphatic carbocycles. The van der Waals surface area contributed by atoms with Crippen molar-refractivity contribution in [1.29, 1.82) is 0 Å². The van der Waals surface area contributed by atoms with Crippen molar-refractivity contribution < 1.29 is 28.7 Å². The number of allylic oxidation sites excluding steroid dienone is 1. The van der Waals surface area contributed by atoms with Gasteiger partial charge in [-0.3, -0.25) is 14.4 Å². The van der Waals surface area contributed by atoms with Gasteiger partial charge >= 0.3 is 5.97 Å². The second-order valence-electron chi connectivity index (χ2n) is 8.73. The Bertz CT molecular complexity index is 1340. The minimum Gasteiger partial charge on any atom is -0.462 e. The number of anilines is 1. The first-order valence-corrected chi connectivity index (χ1v) is 11.4. The fourth-order valence-corrected chi connectivity index (χ4v) is 5.48. The maximum Gasteiger partial charge on any atom is 0.341 e. The summed E-state index contributed by atoms with van der Waals surface area (Å²) in [6.07, 6.45) is 0.415. The Labute approximate surface area is 202 Å². The molecule has 2 aromatic carbocycles. The number of ether oxygens (including phenoxy) is 2. The highest BCUT2D eigenvalue weighted by molar-refractivity contribution is 6.30. The van der Waals surface area contributed by atoms with Crippen LogP contribution in [0.25, 0.3) is 0 Å². The minimum atomic E-state index is -1.93. The number of fused-ring (bicyclic) bond motifs is 3. The molecule has 5 rings (SSSR count). The average Bonchev–Trinajstić information content (AvgIpc) is 3.08. The number of Topliss-reactive ketones (excluding diaryl/α,β-unsaturated/α-hetero) is 1. The Hall–Kier alpha value is -4.20. The Morgan fingerprint density at radius 2 is 1.77 bits per heavy atom. The van der Waals surface area contributed by atoms with Crippen molar-refractivity contribution >= 4 is 29.3 Å². The van der Waals surface area contributed by atoms with Crippen LogP contribution < -0.4 is 10.6 Å². The van der Waals surface area contributed by atoms with Gasteiger partial charge in [0.2, 0.25) is 11.8 Å². The zero-order valence-corrected chi connectivity index (χ0v) is 19.4. The van der Waals surface area contributed by atoms with E-state index >= 15 is 0 Å². The predicted molar refractivity (Wildman–Crippen MR) is 126 cm³/mol. The van der Waals surface area contributed by atoms with Crippen LogP contribution in [-0.2, 0) is 34.1 Å². The topological polar surface area (TPSA) is 116 Å². The summed E-state index contributed by atoms with van der Waals surface area (Å²) in [5.74, 6) is -2.76. The molecule has 2 unspecified atom stereocenters. The summed E-state index contributed by atoms with van der Waals surface area (Å²) in [6.45, 7) is 2.90. The predicted octanol–water partition coefficient (Wildman–Crippen LogP) is 2.98. The van der Waals surface area contributed by atoms with E-state index in [-0.39, 0.29) is 47.5 Å². The molecule has 0 saturated carbocycles. The van der Waals surface area contributed by atoms with Gasteiger partial charge in [0, 0.05) is 25.3 Å². The molecule has 0 saturated heterocycles. The summed E-state index contributed by atoms with van der Waals surface area (Å²) < 4.78 is 11.2. The van der Waals surface area contributed by atoms with Crippen molar-refractivity contribution in [2.45, 2.75) is 38.0 Å². The van der Waals surface area contributed by atoms with E-state index in [9.17, 15) is 19.2 Å². The van der Waals surface area contributed by atoms with Gasteiger partial charge in [-0.05, 0) is 24.5 Å². The van der Waals surface area contributed by atoms with Crippen LogP contribution in [0.4, 0.5) is 5.69 Å². The highest BCUT2D eigenvalue weighted by Crippen LogP contribution is 2.57. The number of hydrogen-bond donors (Lipinski definition) is 1. The van der Waals surface area contributed by atoms with E-state index < -0.39 is 23.2 Å². The molecular formula is C27H24N2O6. The first kappa shape index (κ1) is 22.6. The molecule has 2 aromatic rings. The fraction of sp³-hybridized carbons (Fsp3) is 0.259. The lowest BCUT2D eigenvalue weighted by atomic mass is 9.63. The number of para-hydroxylation sites is 1. The van der Waals surface area contributed by atoms with Crippen LogP contribution in [0.1, 0.15) is 43.7 Å². The summed E-state index contributed by atoms with van der Waals surface area (Å²) in [6, 6.07) is 16.1. The third-order valence-electron chi connectivity index (χ3n) is 6.79. The SMILES string of the molecule is CCOC(=O)C1=C(N)OC2=C(C(=O)CC(c3ccccc3)C2)C12C(=O)N(C(C)=O)c1ccccc12.